The molecule has 1 aromatic carbocycles. The van der Waals surface area contributed by atoms with Gasteiger partial charge in [0, 0.05) is 50.6 Å². The van der Waals surface area contributed by atoms with E-state index in [0.717, 1.165) is 17.0 Å². The van der Waals surface area contributed by atoms with Crippen LogP contribution in [0.5, 0.6) is 11.5 Å². The van der Waals surface area contributed by atoms with Gasteiger partial charge >= 0.3 is 0 Å². The fourth-order valence-corrected chi connectivity index (χ4v) is 3.78. The highest BCUT2D eigenvalue weighted by atomic mass is 16.6. The molecule has 4 rings (SSSR count). The number of para-hydroxylation sites is 2. The van der Waals surface area contributed by atoms with Crippen LogP contribution in [0.3, 0.4) is 0 Å². The highest BCUT2D eigenvalue weighted by molar-refractivity contribution is 5.92. The molecule has 0 aliphatic carbocycles. The zero-order chi connectivity index (χ0) is 21.3. The predicted octanol–water partition coefficient (Wildman–Crippen LogP) is 1.56. The van der Waals surface area contributed by atoms with Gasteiger partial charge in [-0.2, -0.15) is 5.10 Å². The third-order valence-corrected chi connectivity index (χ3v) is 5.64. The van der Waals surface area contributed by atoms with Crippen molar-refractivity contribution in [2.75, 3.05) is 32.8 Å². The first-order valence-corrected chi connectivity index (χ1v) is 10.1. The van der Waals surface area contributed by atoms with Crippen molar-refractivity contribution >= 4 is 17.9 Å². The Morgan fingerprint density at radius 2 is 1.73 bits per heavy atom. The molecule has 2 aromatic rings. The minimum atomic E-state index is -0.654. The van der Waals surface area contributed by atoms with Gasteiger partial charge in [0.15, 0.2) is 11.5 Å². The van der Waals surface area contributed by atoms with E-state index in [9.17, 15) is 9.59 Å². The summed E-state index contributed by atoms with van der Waals surface area (Å²) in [7, 11) is 1.89. The largest absolute Gasteiger partial charge is 0.485 e. The van der Waals surface area contributed by atoms with E-state index in [1.807, 2.05) is 45.2 Å². The van der Waals surface area contributed by atoms with Gasteiger partial charge in [0.05, 0.1) is 5.69 Å². The molecule has 0 saturated carbocycles. The summed E-state index contributed by atoms with van der Waals surface area (Å²) in [5, 5.41) is 4.36. The molecule has 8 nitrogen and oxygen atoms in total. The lowest BCUT2D eigenvalue weighted by atomic mass is 10.1. The number of hydrogen-bond donors (Lipinski definition) is 0. The van der Waals surface area contributed by atoms with Crippen molar-refractivity contribution in [2.24, 2.45) is 7.05 Å². The molecule has 0 radical (unpaired) electrons. The van der Waals surface area contributed by atoms with E-state index < -0.39 is 6.10 Å². The SMILES string of the molecule is Cc1nn(C)c(C)c1/C=C/C(=O)N1CCN(C(=O)[C@@H]2COc3ccccc3O2)CC1. The number of ether oxygens (including phenoxy) is 2. The average molecular weight is 410 g/mol. The van der Waals surface area contributed by atoms with Crippen LogP contribution in [-0.4, -0.2) is 70.3 Å². The van der Waals surface area contributed by atoms with Crippen LogP contribution in [0.25, 0.3) is 6.08 Å². The summed E-state index contributed by atoms with van der Waals surface area (Å²) in [4.78, 5) is 28.9. The van der Waals surface area contributed by atoms with Crippen molar-refractivity contribution in [3.05, 3.63) is 47.3 Å². The summed E-state index contributed by atoms with van der Waals surface area (Å²) in [6.45, 7) is 6.03. The van der Waals surface area contributed by atoms with E-state index in [4.69, 9.17) is 9.47 Å². The Kier molecular flexibility index (Phi) is 5.48. The fraction of sp³-hybridized carbons (Fsp3) is 0.409. The van der Waals surface area contributed by atoms with Gasteiger partial charge in [0.1, 0.15) is 6.61 Å². The quantitative estimate of drug-likeness (QED) is 0.718. The fourth-order valence-electron chi connectivity index (χ4n) is 3.78. The molecule has 1 aromatic heterocycles. The Morgan fingerprint density at radius 1 is 1.07 bits per heavy atom. The zero-order valence-electron chi connectivity index (χ0n) is 17.5. The topological polar surface area (TPSA) is 76.9 Å². The maximum Gasteiger partial charge on any atom is 0.267 e. The molecule has 0 N–H and O–H groups in total. The van der Waals surface area contributed by atoms with Crippen molar-refractivity contribution in [2.45, 2.75) is 20.0 Å². The molecule has 2 aliphatic rings. The van der Waals surface area contributed by atoms with Gasteiger partial charge in [-0.1, -0.05) is 12.1 Å². The van der Waals surface area contributed by atoms with Crippen LogP contribution < -0.4 is 9.47 Å². The number of aromatic nitrogens is 2. The highest BCUT2D eigenvalue weighted by Gasteiger charge is 2.33. The number of amides is 2. The number of aryl methyl sites for hydroxylation is 2. The second-order valence-corrected chi connectivity index (χ2v) is 7.56. The standard InChI is InChI=1S/C22H26N4O4/c1-15-17(16(2)24(3)23-15)8-9-21(27)25-10-12-26(13-11-25)22(28)20-14-29-18-6-4-5-7-19(18)30-20/h4-9,20H,10-14H2,1-3H3/b9-8+/t20-/m0/s1. The Bertz CT molecular complexity index is 989. The molecule has 2 aliphatic heterocycles. The molecule has 158 valence electrons. The summed E-state index contributed by atoms with van der Waals surface area (Å²) >= 11 is 0. The molecule has 1 atom stereocenters. The predicted molar refractivity (Wildman–Crippen MR) is 111 cm³/mol. The molecule has 3 heterocycles. The maximum atomic E-state index is 12.8. The van der Waals surface area contributed by atoms with Gasteiger partial charge in [-0.05, 0) is 32.1 Å². The first-order valence-electron chi connectivity index (χ1n) is 10.1. The van der Waals surface area contributed by atoms with Gasteiger partial charge in [-0.15, -0.1) is 0 Å². The minimum absolute atomic E-state index is 0.0593. The number of fused-ring (bicyclic) bond motifs is 1. The molecule has 8 heteroatoms. The molecule has 30 heavy (non-hydrogen) atoms. The third-order valence-electron chi connectivity index (χ3n) is 5.64. The third kappa shape index (κ3) is 3.90. The lowest BCUT2D eigenvalue weighted by Gasteiger charge is -2.36. The Labute approximate surface area is 175 Å². The Balaban J connectivity index is 1.32. The minimum Gasteiger partial charge on any atom is -0.485 e. The van der Waals surface area contributed by atoms with Crippen LogP contribution in [0, 0.1) is 13.8 Å². The second-order valence-electron chi connectivity index (χ2n) is 7.56. The normalized spacial score (nSPS) is 18.7. The van der Waals surface area contributed by atoms with Crippen LogP contribution >= 0.6 is 0 Å². The first-order chi connectivity index (χ1) is 14.4. The van der Waals surface area contributed by atoms with Crippen LogP contribution in [0.15, 0.2) is 30.3 Å². The molecule has 1 fully saturated rings. The molecular formula is C22H26N4O4. The second kappa shape index (κ2) is 8.22. The Morgan fingerprint density at radius 3 is 2.40 bits per heavy atom. The first kappa shape index (κ1) is 20.0. The number of carbonyl (C=O) groups is 2. The summed E-state index contributed by atoms with van der Waals surface area (Å²) < 4.78 is 13.3. The van der Waals surface area contributed by atoms with Crippen molar-refractivity contribution in [1.82, 2.24) is 19.6 Å². The van der Waals surface area contributed by atoms with Gasteiger partial charge < -0.3 is 19.3 Å². The Hall–Kier alpha value is -3.29. The lowest BCUT2D eigenvalue weighted by molar-refractivity contribution is -0.145. The number of hydrogen-bond acceptors (Lipinski definition) is 5. The van der Waals surface area contributed by atoms with E-state index in [-0.39, 0.29) is 18.4 Å². The van der Waals surface area contributed by atoms with Crippen LogP contribution in [0.4, 0.5) is 0 Å². The summed E-state index contributed by atoms with van der Waals surface area (Å²) in [6.07, 6.45) is 2.75. The number of nitrogens with zero attached hydrogens (tertiary/aromatic N) is 4. The monoisotopic (exact) mass is 410 g/mol. The number of piperazine rings is 1. The van der Waals surface area contributed by atoms with E-state index >= 15 is 0 Å². The van der Waals surface area contributed by atoms with E-state index in [1.165, 1.54) is 0 Å². The highest BCUT2D eigenvalue weighted by Crippen LogP contribution is 2.31. The number of carbonyl (C=O) groups excluding carboxylic acids is 2. The lowest BCUT2D eigenvalue weighted by Crippen LogP contribution is -2.54. The van der Waals surface area contributed by atoms with Crippen molar-refractivity contribution in [3.63, 3.8) is 0 Å². The van der Waals surface area contributed by atoms with E-state index in [1.54, 1.807) is 26.6 Å². The van der Waals surface area contributed by atoms with Gasteiger partial charge in [0.25, 0.3) is 5.91 Å². The summed E-state index contributed by atoms with van der Waals surface area (Å²) in [5.74, 6) is 1.08. The van der Waals surface area contributed by atoms with Gasteiger partial charge in [-0.25, -0.2) is 0 Å². The summed E-state index contributed by atoms with van der Waals surface area (Å²) in [5.41, 5.74) is 2.88. The smallest absolute Gasteiger partial charge is 0.267 e. The zero-order valence-corrected chi connectivity index (χ0v) is 17.5. The molecule has 2 amide bonds. The summed E-state index contributed by atoms with van der Waals surface area (Å²) in [6, 6.07) is 7.33. The van der Waals surface area contributed by atoms with Crippen LogP contribution in [-0.2, 0) is 16.6 Å². The van der Waals surface area contributed by atoms with Crippen molar-refractivity contribution < 1.29 is 19.1 Å². The van der Waals surface area contributed by atoms with Crippen molar-refractivity contribution in [1.29, 1.82) is 0 Å². The van der Waals surface area contributed by atoms with E-state index in [0.29, 0.717) is 37.7 Å². The van der Waals surface area contributed by atoms with Crippen LogP contribution in [0.1, 0.15) is 17.0 Å². The molecule has 1 saturated heterocycles. The molecular weight excluding hydrogens is 384 g/mol. The van der Waals surface area contributed by atoms with Crippen LogP contribution in [0.2, 0.25) is 0 Å². The van der Waals surface area contributed by atoms with Gasteiger partial charge in [0.2, 0.25) is 12.0 Å². The van der Waals surface area contributed by atoms with Crippen molar-refractivity contribution in [3.8, 4) is 11.5 Å². The number of benzene rings is 1. The maximum absolute atomic E-state index is 12.8. The molecule has 0 bridgehead atoms. The average Bonchev–Trinajstić information content (AvgIpc) is 3.02. The molecule has 0 spiro atoms. The molecule has 0 unspecified atom stereocenters. The van der Waals surface area contributed by atoms with E-state index in [2.05, 4.69) is 5.10 Å². The van der Waals surface area contributed by atoms with Gasteiger partial charge in [-0.3, -0.25) is 14.3 Å². The number of rotatable bonds is 3.